The van der Waals surface area contributed by atoms with Crippen molar-refractivity contribution in [2.24, 2.45) is 5.92 Å². The van der Waals surface area contributed by atoms with Gasteiger partial charge in [0.1, 0.15) is 9.75 Å². The Bertz CT molecular complexity index is 1390. The topological polar surface area (TPSA) is 113 Å². The van der Waals surface area contributed by atoms with Crippen LogP contribution in [0.5, 0.6) is 0 Å². The van der Waals surface area contributed by atoms with E-state index in [1.165, 1.54) is 6.07 Å². The van der Waals surface area contributed by atoms with Crippen molar-refractivity contribution in [2.75, 3.05) is 6.54 Å². The van der Waals surface area contributed by atoms with E-state index >= 15 is 0 Å². The fourth-order valence-electron chi connectivity index (χ4n) is 4.53. The molecule has 1 amide bonds. The number of hydrogen-bond acceptors (Lipinski definition) is 5. The van der Waals surface area contributed by atoms with Crippen molar-refractivity contribution >= 4 is 44.8 Å². The Kier molecular flexibility index (Phi) is 5.99. The third-order valence-corrected chi connectivity index (χ3v) is 10.1. The van der Waals surface area contributed by atoms with Crippen LogP contribution in [0, 0.1) is 5.92 Å². The van der Waals surface area contributed by atoms with Crippen LogP contribution in [0.4, 0.5) is 0 Å². The fourth-order valence-corrected chi connectivity index (χ4v) is 7.39. The predicted molar refractivity (Wildman–Crippen MR) is 134 cm³/mol. The van der Waals surface area contributed by atoms with Crippen LogP contribution in [-0.2, 0) is 25.0 Å². The lowest BCUT2D eigenvalue weighted by molar-refractivity contribution is -0.141. The van der Waals surface area contributed by atoms with Gasteiger partial charge in [0.15, 0.2) is 0 Å². The van der Waals surface area contributed by atoms with Crippen LogP contribution in [0.15, 0.2) is 70.9 Å². The van der Waals surface area contributed by atoms with E-state index in [0.717, 1.165) is 29.7 Å². The number of aliphatic carboxylic acids is 1. The number of sulfonamides is 1. The first-order valence-corrected chi connectivity index (χ1v) is 13.8. The highest BCUT2D eigenvalue weighted by atomic mass is 35.5. The van der Waals surface area contributed by atoms with Gasteiger partial charge in [-0.25, -0.2) is 8.42 Å². The molecule has 2 saturated carbocycles. The van der Waals surface area contributed by atoms with Gasteiger partial charge in [-0.1, -0.05) is 54.1 Å². The smallest absolute Gasteiger partial charge is 0.325 e. The SMILES string of the molecule is O=C(NC[C@@]1(c2ccccc2)C[C@]1(NS(=O)(=O)c1ccc(-c2ccc(Cl)cc2)s1)C(=O)O)C1CC1. The van der Waals surface area contributed by atoms with Gasteiger partial charge in [0.05, 0.1) is 0 Å². The number of carbonyl (C=O) groups excluding carboxylic acids is 1. The second kappa shape index (κ2) is 8.74. The van der Waals surface area contributed by atoms with Gasteiger partial charge in [0.2, 0.25) is 5.91 Å². The van der Waals surface area contributed by atoms with Crippen LogP contribution in [0.25, 0.3) is 10.4 Å². The molecule has 2 aromatic carbocycles. The number of rotatable bonds is 9. The first-order valence-electron chi connectivity index (χ1n) is 11.1. The maximum absolute atomic E-state index is 13.4. The summed E-state index contributed by atoms with van der Waals surface area (Å²) in [6.07, 6.45) is 1.66. The van der Waals surface area contributed by atoms with Crippen molar-refractivity contribution in [3.8, 4) is 10.4 Å². The zero-order chi connectivity index (χ0) is 24.8. The molecular formula is C25H23ClN2O5S2. The van der Waals surface area contributed by atoms with E-state index in [1.54, 1.807) is 60.7 Å². The van der Waals surface area contributed by atoms with Crippen LogP contribution in [0.2, 0.25) is 5.02 Å². The van der Waals surface area contributed by atoms with Gasteiger partial charge >= 0.3 is 5.97 Å². The molecule has 2 fully saturated rings. The lowest BCUT2D eigenvalue weighted by Crippen LogP contribution is -2.51. The molecule has 182 valence electrons. The predicted octanol–water partition coefficient (Wildman–Crippen LogP) is 4.04. The number of carboxylic acids is 1. The number of halogens is 1. The highest BCUT2D eigenvalue weighted by molar-refractivity contribution is 7.91. The molecule has 3 aromatic rings. The largest absolute Gasteiger partial charge is 0.480 e. The van der Waals surface area contributed by atoms with E-state index in [2.05, 4.69) is 10.0 Å². The Morgan fingerprint density at radius 3 is 2.34 bits per heavy atom. The summed E-state index contributed by atoms with van der Waals surface area (Å²) >= 11 is 6.99. The molecule has 3 N–H and O–H groups in total. The maximum Gasteiger partial charge on any atom is 0.325 e. The summed E-state index contributed by atoms with van der Waals surface area (Å²) in [4.78, 5) is 25.7. The first kappa shape index (κ1) is 24.0. The highest BCUT2D eigenvalue weighted by Crippen LogP contribution is 2.58. The van der Waals surface area contributed by atoms with Crippen LogP contribution < -0.4 is 10.0 Å². The van der Waals surface area contributed by atoms with E-state index in [9.17, 15) is 23.1 Å². The molecule has 0 aliphatic heterocycles. The molecule has 0 unspecified atom stereocenters. The second-order valence-electron chi connectivity index (χ2n) is 9.06. The number of benzene rings is 2. The van der Waals surface area contributed by atoms with Crippen molar-refractivity contribution in [1.82, 2.24) is 10.0 Å². The molecule has 2 atom stereocenters. The summed E-state index contributed by atoms with van der Waals surface area (Å²) in [6.45, 7) is 0.0294. The lowest BCUT2D eigenvalue weighted by Gasteiger charge is -2.25. The zero-order valence-corrected chi connectivity index (χ0v) is 20.9. The average molecular weight is 531 g/mol. The van der Waals surface area contributed by atoms with Crippen LogP contribution in [0.1, 0.15) is 24.8 Å². The van der Waals surface area contributed by atoms with Gasteiger partial charge in [-0.3, -0.25) is 9.59 Å². The molecule has 0 saturated heterocycles. The number of carbonyl (C=O) groups is 2. The quantitative estimate of drug-likeness (QED) is 0.386. The molecule has 0 spiro atoms. The zero-order valence-electron chi connectivity index (χ0n) is 18.5. The molecule has 35 heavy (non-hydrogen) atoms. The average Bonchev–Trinajstić information content (AvgIpc) is 3.74. The summed E-state index contributed by atoms with van der Waals surface area (Å²) in [5, 5.41) is 13.7. The van der Waals surface area contributed by atoms with Gasteiger partial charge in [-0.15, -0.1) is 11.3 Å². The second-order valence-corrected chi connectivity index (χ2v) is 12.5. The third-order valence-electron chi connectivity index (χ3n) is 6.75. The summed E-state index contributed by atoms with van der Waals surface area (Å²) < 4.78 is 29.3. The summed E-state index contributed by atoms with van der Waals surface area (Å²) in [5.74, 6) is -1.45. The Balaban J connectivity index is 1.46. The molecule has 0 bridgehead atoms. The molecule has 1 heterocycles. The van der Waals surface area contributed by atoms with Crippen molar-refractivity contribution in [1.29, 1.82) is 0 Å². The van der Waals surface area contributed by atoms with Gasteiger partial charge in [0.25, 0.3) is 10.0 Å². The summed E-state index contributed by atoms with van der Waals surface area (Å²) in [6, 6.07) is 19.1. The van der Waals surface area contributed by atoms with E-state index in [4.69, 9.17) is 11.6 Å². The standard InChI is InChI=1S/C25H23ClN2O5S2/c26-19-10-8-16(9-11-19)20-12-13-21(34-20)35(32,33)28-25(23(30)31)14-24(25,18-4-2-1-3-5-18)15-27-22(29)17-6-7-17/h1-5,8-13,17,28H,6-7,14-15H2,(H,27,29)(H,30,31)/t24-,25+/m1/s1. The summed E-state index contributed by atoms with van der Waals surface area (Å²) in [7, 11) is -4.17. The number of hydrogen-bond donors (Lipinski definition) is 3. The Morgan fingerprint density at radius 1 is 1.03 bits per heavy atom. The minimum atomic E-state index is -4.17. The third kappa shape index (κ3) is 4.38. The number of carboxylic acid groups (broad SMARTS) is 1. The van der Waals surface area contributed by atoms with Gasteiger partial charge < -0.3 is 10.4 Å². The molecule has 0 radical (unpaired) electrons. The van der Waals surface area contributed by atoms with Crippen LogP contribution in [0.3, 0.4) is 0 Å². The normalized spacial score (nSPS) is 23.6. The van der Waals surface area contributed by atoms with Crippen molar-refractivity contribution < 1.29 is 23.1 Å². The molecular weight excluding hydrogens is 508 g/mol. The minimum absolute atomic E-state index is 0.0129. The maximum atomic E-state index is 13.4. The Morgan fingerprint density at radius 2 is 1.71 bits per heavy atom. The Labute approximate surface area is 212 Å². The van der Waals surface area contributed by atoms with E-state index in [0.29, 0.717) is 15.5 Å². The molecule has 1 aromatic heterocycles. The number of nitrogens with one attached hydrogen (secondary N) is 2. The van der Waals surface area contributed by atoms with Gasteiger partial charge in [0, 0.05) is 27.8 Å². The lowest BCUT2D eigenvalue weighted by atomic mass is 9.90. The van der Waals surface area contributed by atoms with Crippen molar-refractivity contribution in [3.05, 3.63) is 77.3 Å². The highest BCUT2D eigenvalue weighted by Gasteiger charge is 2.75. The van der Waals surface area contributed by atoms with E-state index in [1.807, 2.05) is 0 Å². The van der Waals surface area contributed by atoms with Gasteiger partial charge in [-0.2, -0.15) is 4.72 Å². The van der Waals surface area contributed by atoms with Crippen LogP contribution in [-0.4, -0.2) is 37.5 Å². The number of amides is 1. The van der Waals surface area contributed by atoms with Crippen molar-refractivity contribution in [2.45, 2.75) is 34.4 Å². The van der Waals surface area contributed by atoms with Gasteiger partial charge in [-0.05, 0) is 54.7 Å². The molecule has 2 aliphatic rings. The minimum Gasteiger partial charge on any atom is -0.480 e. The molecule has 7 nitrogen and oxygen atoms in total. The molecule has 10 heteroatoms. The fraction of sp³-hybridized carbons (Fsp3) is 0.280. The Hall–Kier alpha value is -2.72. The summed E-state index contributed by atoms with van der Waals surface area (Å²) in [5.41, 5.74) is -1.42. The molecule has 2 aliphatic carbocycles. The number of thiophene rings is 1. The van der Waals surface area contributed by atoms with E-state index < -0.39 is 26.9 Å². The van der Waals surface area contributed by atoms with Crippen molar-refractivity contribution in [3.63, 3.8) is 0 Å². The monoisotopic (exact) mass is 530 g/mol. The first-order chi connectivity index (χ1) is 16.7. The van der Waals surface area contributed by atoms with E-state index in [-0.39, 0.29) is 29.0 Å². The molecule has 5 rings (SSSR count). The van der Waals surface area contributed by atoms with Crippen LogP contribution >= 0.6 is 22.9 Å².